The van der Waals surface area contributed by atoms with Gasteiger partial charge in [-0.25, -0.2) is 0 Å². The SMILES string of the molecule is O=C1c2c(O)cc(O)cc2OC(c2ccc(OC3OC(CO)C(O)C(O)C3O)cc2)C1O. The van der Waals surface area contributed by atoms with Gasteiger partial charge in [-0.3, -0.25) is 4.79 Å². The number of aliphatic hydroxyl groups excluding tert-OH is 5. The summed E-state index contributed by atoms with van der Waals surface area (Å²) < 4.78 is 16.4. The molecule has 2 aliphatic heterocycles. The maximum absolute atomic E-state index is 12.5. The Morgan fingerprint density at radius 3 is 2.28 bits per heavy atom. The quantitative estimate of drug-likeness (QED) is 0.301. The molecule has 1 saturated heterocycles. The zero-order valence-corrected chi connectivity index (χ0v) is 16.5. The topological polar surface area (TPSA) is 186 Å². The molecule has 0 radical (unpaired) electrons. The monoisotopic (exact) mass is 450 g/mol. The molecule has 0 aromatic heterocycles. The molecule has 0 bridgehead atoms. The van der Waals surface area contributed by atoms with Crippen LogP contribution in [-0.2, 0) is 4.74 Å². The molecule has 0 aliphatic carbocycles. The molecule has 7 N–H and O–H groups in total. The molecular formula is C21H22O11. The average molecular weight is 450 g/mol. The van der Waals surface area contributed by atoms with Gasteiger partial charge in [0.15, 0.2) is 12.2 Å². The first-order valence-electron chi connectivity index (χ1n) is 9.73. The van der Waals surface area contributed by atoms with Gasteiger partial charge in [-0.15, -0.1) is 0 Å². The highest BCUT2D eigenvalue weighted by Gasteiger charge is 2.45. The lowest BCUT2D eigenvalue weighted by Crippen LogP contribution is -2.60. The number of rotatable bonds is 4. The molecule has 7 atom stereocenters. The number of Topliss-reactive ketones (excluding diaryl/α,β-unsaturated/α-hetero) is 1. The standard InChI is InChI=1S/C21H22O11/c22-7-13-15(25)17(27)19(29)21(32-13)30-10-3-1-8(2-4-10)20-18(28)16(26)14-11(24)5-9(23)6-12(14)31-20/h1-6,13,15,17-25,27-29H,7H2. The number of aromatic hydroxyl groups is 2. The zero-order valence-electron chi connectivity index (χ0n) is 16.5. The molecule has 32 heavy (non-hydrogen) atoms. The third-order valence-corrected chi connectivity index (χ3v) is 5.43. The van der Waals surface area contributed by atoms with Crippen LogP contribution in [0, 0.1) is 0 Å². The van der Waals surface area contributed by atoms with Crippen LogP contribution in [-0.4, -0.2) is 84.9 Å². The molecule has 2 heterocycles. The number of phenols is 2. The Labute approximate surface area is 181 Å². The Morgan fingerprint density at radius 1 is 0.938 bits per heavy atom. The van der Waals surface area contributed by atoms with E-state index < -0.39 is 61.1 Å². The number of carbonyl (C=O) groups excluding carboxylic acids is 1. The van der Waals surface area contributed by atoms with Crippen LogP contribution < -0.4 is 9.47 Å². The Kier molecular flexibility index (Phi) is 5.95. The Hall–Kier alpha value is -2.93. The van der Waals surface area contributed by atoms with Crippen molar-refractivity contribution in [1.29, 1.82) is 0 Å². The lowest BCUT2D eigenvalue weighted by atomic mass is 9.93. The van der Waals surface area contributed by atoms with Crippen molar-refractivity contribution in [3.8, 4) is 23.0 Å². The van der Waals surface area contributed by atoms with E-state index in [1.807, 2.05) is 0 Å². The minimum atomic E-state index is -1.62. The van der Waals surface area contributed by atoms with E-state index >= 15 is 0 Å². The number of carbonyl (C=O) groups is 1. The summed E-state index contributed by atoms with van der Waals surface area (Å²) in [6.45, 7) is -0.596. The minimum Gasteiger partial charge on any atom is -0.508 e. The summed E-state index contributed by atoms with van der Waals surface area (Å²) in [5.74, 6) is -1.48. The maximum atomic E-state index is 12.5. The molecule has 172 valence electrons. The molecule has 2 aromatic rings. The first kappa shape index (κ1) is 22.3. The van der Waals surface area contributed by atoms with Gasteiger partial charge in [0, 0.05) is 12.1 Å². The van der Waals surface area contributed by atoms with E-state index in [0.717, 1.165) is 12.1 Å². The van der Waals surface area contributed by atoms with E-state index in [4.69, 9.17) is 14.2 Å². The van der Waals surface area contributed by atoms with Gasteiger partial charge < -0.3 is 50.0 Å². The van der Waals surface area contributed by atoms with Gasteiger partial charge in [-0.2, -0.15) is 0 Å². The van der Waals surface area contributed by atoms with E-state index in [0.29, 0.717) is 5.56 Å². The fraction of sp³-hybridized carbons (Fsp3) is 0.381. The third-order valence-electron chi connectivity index (χ3n) is 5.43. The van der Waals surface area contributed by atoms with Gasteiger partial charge in [0.2, 0.25) is 12.1 Å². The normalized spacial score (nSPS) is 32.2. The second kappa shape index (κ2) is 8.54. The van der Waals surface area contributed by atoms with Gasteiger partial charge in [0.25, 0.3) is 0 Å². The summed E-state index contributed by atoms with van der Waals surface area (Å²) in [6.07, 6.45) is -9.91. The predicted octanol–water partition coefficient (Wildman–Crippen LogP) is -1.05. The summed E-state index contributed by atoms with van der Waals surface area (Å²) in [7, 11) is 0. The lowest BCUT2D eigenvalue weighted by molar-refractivity contribution is -0.277. The summed E-state index contributed by atoms with van der Waals surface area (Å²) in [5, 5.41) is 68.9. The number of aliphatic hydroxyl groups is 5. The van der Waals surface area contributed by atoms with Gasteiger partial charge in [0.1, 0.15) is 53.0 Å². The molecule has 0 spiro atoms. The van der Waals surface area contributed by atoms with E-state index in [-0.39, 0.29) is 22.8 Å². The van der Waals surface area contributed by atoms with Crippen LogP contribution in [0.3, 0.4) is 0 Å². The van der Waals surface area contributed by atoms with Crippen LogP contribution in [0.15, 0.2) is 36.4 Å². The predicted molar refractivity (Wildman–Crippen MR) is 104 cm³/mol. The van der Waals surface area contributed by atoms with E-state index in [1.54, 1.807) is 0 Å². The second-order valence-corrected chi connectivity index (χ2v) is 7.57. The lowest BCUT2D eigenvalue weighted by Gasteiger charge is -2.39. The fourth-order valence-corrected chi connectivity index (χ4v) is 3.70. The van der Waals surface area contributed by atoms with Crippen molar-refractivity contribution in [1.82, 2.24) is 0 Å². The largest absolute Gasteiger partial charge is 0.508 e. The number of hydrogen-bond donors (Lipinski definition) is 7. The minimum absolute atomic E-state index is 0.0792. The molecule has 2 aliphatic rings. The van der Waals surface area contributed by atoms with E-state index in [9.17, 15) is 40.5 Å². The van der Waals surface area contributed by atoms with Crippen LogP contribution in [0.1, 0.15) is 22.0 Å². The number of phenolic OH excluding ortho intramolecular Hbond substituents is 2. The fourth-order valence-electron chi connectivity index (χ4n) is 3.70. The van der Waals surface area contributed by atoms with Crippen molar-refractivity contribution in [2.75, 3.05) is 6.61 Å². The van der Waals surface area contributed by atoms with Crippen molar-refractivity contribution < 1.29 is 54.8 Å². The smallest absolute Gasteiger partial charge is 0.229 e. The maximum Gasteiger partial charge on any atom is 0.229 e. The number of ether oxygens (including phenoxy) is 3. The summed E-state index contributed by atoms with van der Waals surface area (Å²) >= 11 is 0. The first-order valence-corrected chi connectivity index (χ1v) is 9.73. The van der Waals surface area contributed by atoms with Crippen molar-refractivity contribution >= 4 is 5.78 Å². The van der Waals surface area contributed by atoms with Gasteiger partial charge >= 0.3 is 0 Å². The first-order chi connectivity index (χ1) is 15.2. The second-order valence-electron chi connectivity index (χ2n) is 7.57. The average Bonchev–Trinajstić information content (AvgIpc) is 2.76. The van der Waals surface area contributed by atoms with Crippen LogP contribution in [0.5, 0.6) is 23.0 Å². The van der Waals surface area contributed by atoms with Crippen LogP contribution >= 0.6 is 0 Å². The Bertz CT molecular complexity index is 990. The number of benzene rings is 2. The molecule has 11 heteroatoms. The highest BCUT2D eigenvalue weighted by Crippen LogP contribution is 2.42. The summed E-state index contributed by atoms with van der Waals surface area (Å²) in [5.41, 5.74) is 0.148. The van der Waals surface area contributed by atoms with Crippen molar-refractivity contribution in [2.24, 2.45) is 0 Å². The van der Waals surface area contributed by atoms with Crippen LogP contribution in [0.25, 0.3) is 0 Å². The molecule has 7 unspecified atom stereocenters. The summed E-state index contributed by atoms with van der Waals surface area (Å²) in [6, 6.07) is 7.96. The summed E-state index contributed by atoms with van der Waals surface area (Å²) in [4.78, 5) is 12.5. The molecular weight excluding hydrogens is 428 g/mol. The molecule has 0 amide bonds. The molecule has 0 saturated carbocycles. The van der Waals surface area contributed by atoms with E-state index in [1.165, 1.54) is 24.3 Å². The van der Waals surface area contributed by atoms with Crippen molar-refractivity contribution in [3.63, 3.8) is 0 Å². The molecule has 1 fully saturated rings. The Morgan fingerprint density at radius 2 is 1.62 bits per heavy atom. The zero-order chi connectivity index (χ0) is 23.2. The van der Waals surface area contributed by atoms with Gasteiger partial charge in [0.05, 0.1) is 6.61 Å². The van der Waals surface area contributed by atoms with Crippen LogP contribution in [0.4, 0.5) is 0 Å². The highest BCUT2D eigenvalue weighted by molar-refractivity contribution is 6.05. The van der Waals surface area contributed by atoms with Crippen LogP contribution in [0.2, 0.25) is 0 Å². The number of fused-ring (bicyclic) bond motifs is 1. The van der Waals surface area contributed by atoms with Gasteiger partial charge in [-0.1, -0.05) is 12.1 Å². The van der Waals surface area contributed by atoms with Gasteiger partial charge in [-0.05, 0) is 17.7 Å². The highest BCUT2D eigenvalue weighted by atomic mass is 16.7. The van der Waals surface area contributed by atoms with Crippen molar-refractivity contribution in [3.05, 3.63) is 47.5 Å². The molecule has 11 nitrogen and oxygen atoms in total. The Balaban J connectivity index is 1.52. The van der Waals surface area contributed by atoms with Crippen molar-refractivity contribution in [2.45, 2.75) is 42.9 Å². The molecule has 4 rings (SSSR count). The van der Waals surface area contributed by atoms with E-state index in [2.05, 4.69) is 0 Å². The number of hydrogen-bond acceptors (Lipinski definition) is 11. The number of ketones is 1. The third kappa shape index (κ3) is 3.86. The molecule has 2 aromatic carbocycles.